The van der Waals surface area contributed by atoms with Gasteiger partial charge in [0.25, 0.3) is 0 Å². The Morgan fingerprint density at radius 1 is 0.230 bits per heavy atom. The van der Waals surface area contributed by atoms with Crippen LogP contribution in [0, 0.1) is 0 Å². The number of aliphatic carboxylic acids is 6. The zero-order chi connectivity index (χ0) is 95.3. The fraction of sp³-hybridized carbons (Fsp3) is 0.143. The van der Waals surface area contributed by atoms with Crippen molar-refractivity contribution < 1.29 is 59.4 Å². The second-order valence-electron chi connectivity index (χ2n) is 30.0. The monoisotopic (exact) mass is 1900 g/mol. The highest BCUT2D eigenvalue weighted by molar-refractivity contribution is 8.02. The molecule has 0 bridgehead atoms. The van der Waals surface area contributed by atoms with E-state index in [1.54, 1.807) is 108 Å². The maximum atomic E-state index is 11.3. The number of hydrogen-bond donors (Lipinski definition) is 6. The summed E-state index contributed by atoms with van der Waals surface area (Å²) >= 11 is 8.11. The topological polar surface area (TPSA) is 378 Å². The predicted molar refractivity (Wildman–Crippen MR) is 541 cm³/mol. The summed E-state index contributed by atoms with van der Waals surface area (Å²) in [4.78, 5) is 124. The molecule has 12 heterocycles. The number of carboxylic acid groups (broad SMARTS) is 6. The molecule has 18 aromatic rings. The van der Waals surface area contributed by atoms with Crippen LogP contribution in [-0.2, 0) is 28.8 Å². The van der Waals surface area contributed by atoms with Gasteiger partial charge in [0.05, 0.1) is 44.5 Å². The molecule has 12 aromatic heterocycles. The van der Waals surface area contributed by atoms with Gasteiger partial charge < -0.3 is 30.6 Å². The van der Waals surface area contributed by atoms with E-state index >= 15 is 0 Å². The van der Waals surface area contributed by atoms with Gasteiger partial charge in [-0.3, -0.25) is 88.6 Å². The van der Waals surface area contributed by atoms with Gasteiger partial charge >= 0.3 is 35.8 Å². The van der Waals surface area contributed by atoms with Gasteiger partial charge in [-0.15, -0.1) is 70.6 Å². The maximum absolute atomic E-state index is 11.3. The molecule has 0 saturated carbocycles. The summed E-state index contributed by atoms with van der Waals surface area (Å²) in [6.45, 7) is 10.7. The molecule has 0 aliphatic carbocycles. The predicted octanol–water partition coefficient (Wildman–Crippen LogP) is 24.3. The summed E-state index contributed by atoms with van der Waals surface area (Å²) in [6.07, 6.45) is 29.7. The van der Waals surface area contributed by atoms with Crippen molar-refractivity contribution in [1.82, 2.24) is 59.8 Å². The van der Waals surface area contributed by atoms with Crippen LogP contribution in [0.2, 0.25) is 0 Å². The molecule has 6 N–H and O–H groups in total. The van der Waals surface area contributed by atoms with E-state index < -0.39 is 67.3 Å². The van der Waals surface area contributed by atoms with Gasteiger partial charge in [-0.25, -0.2) is 0 Å². The molecule has 18 rings (SSSR count). The number of nitrogens with zero attached hydrogens (tertiary/aromatic N) is 12. The Morgan fingerprint density at radius 3 is 0.711 bits per heavy atom. The van der Waals surface area contributed by atoms with E-state index in [1.807, 2.05) is 245 Å². The van der Waals surface area contributed by atoms with Crippen molar-refractivity contribution in [2.24, 2.45) is 0 Å². The Bertz CT molecular complexity index is 6500. The lowest BCUT2D eigenvalue weighted by atomic mass is 10.0. The van der Waals surface area contributed by atoms with E-state index in [2.05, 4.69) is 78.0 Å². The van der Waals surface area contributed by atoms with Crippen LogP contribution in [0.5, 0.6) is 0 Å². The number of carboxylic acids is 6. The third-order valence-electron chi connectivity index (χ3n) is 20.8. The lowest BCUT2D eigenvalue weighted by Crippen LogP contribution is -2.14. The minimum Gasteiger partial charge on any atom is -0.480 e. The molecule has 0 saturated heterocycles. The number of hydrogen-bond acceptors (Lipinski definition) is 24. The van der Waals surface area contributed by atoms with Crippen molar-refractivity contribution in [2.75, 3.05) is 0 Å². The average molecular weight is 1900 g/mol. The summed E-state index contributed by atoms with van der Waals surface area (Å²) in [5.41, 5.74) is 17.3. The summed E-state index contributed by atoms with van der Waals surface area (Å²) in [6, 6.07) is 74.4. The Morgan fingerprint density at radius 2 is 0.481 bits per heavy atom. The second kappa shape index (κ2) is 48.3. The number of pyridine rings is 12. The summed E-state index contributed by atoms with van der Waals surface area (Å²) in [7, 11) is 0. The van der Waals surface area contributed by atoms with Gasteiger partial charge in [0.1, 0.15) is 31.5 Å². The second-order valence-corrected chi connectivity index (χ2v) is 37.9. The van der Waals surface area contributed by atoms with Gasteiger partial charge in [-0.2, -0.15) is 0 Å². The lowest BCUT2D eigenvalue weighted by molar-refractivity contribution is -0.137. The fourth-order valence-electron chi connectivity index (χ4n) is 13.7. The zero-order valence-electron chi connectivity index (χ0n) is 73.7. The molecule has 24 nitrogen and oxygen atoms in total. The highest BCUT2D eigenvalue weighted by Gasteiger charge is 2.24. The van der Waals surface area contributed by atoms with Crippen LogP contribution in [0.3, 0.4) is 0 Å². The van der Waals surface area contributed by atoms with E-state index in [1.165, 1.54) is 70.6 Å². The molecule has 0 radical (unpaired) electrons. The molecule has 678 valence electrons. The third kappa shape index (κ3) is 26.5. The quantitative estimate of drug-likeness (QED) is 0.0260. The van der Waals surface area contributed by atoms with Gasteiger partial charge in [0, 0.05) is 183 Å². The van der Waals surface area contributed by atoms with Gasteiger partial charge in [0.15, 0.2) is 0 Å². The normalized spacial score (nSPS) is 12.2. The van der Waals surface area contributed by atoms with E-state index in [0.717, 1.165) is 162 Å². The first-order chi connectivity index (χ1) is 65.5. The number of carbonyl (C=O) groups is 6. The fourth-order valence-corrected chi connectivity index (χ4v) is 19.5. The first-order valence-corrected chi connectivity index (χ1v) is 47.9. The molecular formula is C105H90N12O12S6. The van der Waals surface area contributed by atoms with Crippen molar-refractivity contribution in [3.63, 3.8) is 0 Å². The molecule has 0 spiro atoms. The Labute approximate surface area is 803 Å². The Balaban J connectivity index is 0.000000137. The van der Waals surface area contributed by atoms with Gasteiger partial charge in [-0.1, -0.05) is 81.4 Å². The lowest BCUT2D eigenvalue weighted by Gasteiger charge is -2.12. The van der Waals surface area contributed by atoms with Crippen LogP contribution >= 0.6 is 70.6 Å². The SMILES string of the molecule is CC(Sc1ccnc2ccc(-c3ccccn3)cc12)C(=O)O.CC(Sc1ccnc2ccc(-c3cccnc3)cc12)C(=O)O.CC(Sc1ccnc2ccc(-c3ccncc3)cc12)C(=O)O.CCC(Sc1ccnc2ccc(-c3ccccn3)cc12)C(=O)O.CCC(Sc1ccnc2ccc(-c3cccnc3)cc12)C(=O)O.CCC(Sc1ccnc2ccc(-c3ccncc3)cc12)C(=O)O. The standard InChI is InChI=1S/3C18H16N2O2S.3C17H14N2O2S/c1-2-16(18(21)22)23-17-7-10-20-15-4-3-13(11-14(15)17)12-5-8-19-9-6-12;1-2-16(18(21)22)23-17-7-9-20-15-6-5-12(10-14(15)17)13-4-3-8-19-11-13;1-2-16(18(21)22)23-17-8-10-20-15-7-6-12(11-13(15)17)14-5-3-4-9-19-14;1-11(17(20)21)22-16-6-9-19-15-3-2-13(10-14(15)16)12-4-7-18-8-5-12;1-11(17(20)21)22-16-6-8-19-15-5-4-12(9-14(15)16)13-3-2-7-18-10-13;1-11(17(20)21)22-16-7-9-19-15-6-5-12(10-13(15)16)14-4-2-3-8-18-14/h3*3-11,16H,2H2,1H3,(H,21,22);3*2-11H,1H3,(H,20,21). The van der Waals surface area contributed by atoms with E-state index in [9.17, 15) is 44.1 Å². The first-order valence-electron chi connectivity index (χ1n) is 42.6. The van der Waals surface area contributed by atoms with Crippen LogP contribution in [-0.4, -0.2) is 158 Å². The molecule has 135 heavy (non-hydrogen) atoms. The number of aromatic nitrogens is 12. The molecule has 6 atom stereocenters. The summed E-state index contributed by atoms with van der Waals surface area (Å²) in [5, 5.41) is 58.1. The third-order valence-corrected chi connectivity index (χ3v) is 28.6. The molecular weight excluding hydrogens is 1810 g/mol. The number of thioether (sulfide) groups is 6. The molecule has 0 aliphatic rings. The van der Waals surface area contributed by atoms with Crippen molar-refractivity contribution in [2.45, 2.75) is 122 Å². The minimum absolute atomic E-state index is 0.454. The van der Waals surface area contributed by atoms with Crippen molar-refractivity contribution in [3.8, 4) is 67.0 Å². The molecule has 6 aromatic carbocycles. The average Bonchev–Trinajstić information content (AvgIpc) is 0.826. The Kier molecular flexibility index (Phi) is 35.1. The van der Waals surface area contributed by atoms with E-state index in [4.69, 9.17) is 15.3 Å². The summed E-state index contributed by atoms with van der Waals surface area (Å²) in [5.74, 6) is -4.82. The molecule has 0 aliphatic heterocycles. The van der Waals surface area contributed by atoms with Crippen molar-refractivity contribution in [3.05, 3.63) is 330 Å². The van der Waals surface area contributed by atoms with Gasteiger partial charge in [0.2, 0.25) is 0 Å². The molecule has 6 unspecified atom stereocenters. The minimum atomic E-state index is -0.823. The van der Waals surface area contributed by atoms with Crippen molar-refractivity contribution >= 4 is 172 Å². The molecule has 0 amide bonds. The zero-order valence-corrected chi connectivity index (χ0v) is 78.6. The Hall–Kier alpha value is -14.4. The van der Waals surface area contributed by atoms with Crippen LogP contribution < -0.4 is 0 Å². The molecule has 0 fully saturated rings. The highest BCUT2D eigenvalue weighted by Crippen LogP contribution is 2.41. The van der Waals surface area contributed by atoms with Crippen LogP contribution in [0.1, 0.15) is 60.8 Å². The van der Waals surface area contributed by atoms with Crippen LogP contribution in [0.25, 0.3) is 132 Å². The van der Waals surface area contributed by atoms with Crippen molar-refractivity contribution in [1.29, 1.82) is 0 Å². The largest absolute Gasteiger partial charge is 0.480 e. The number of benzene rings is 6. The van der Waals surface area contributed by atoms with Crippen LogP contribution in [0.4, 0.5) is 0 Å². The van der Waals surface area contributed by atoms with Gasteiger partial charge in [-0.05, 0) is 243 Å². The number of fused-ring (bicyclic) bond motifs is 6. The number of rotatable bonds is 27. The van der Waals surface area contributed by atoms with Crippen LogP contribution in [0.15, 0.2) is 359 Å². The smallest absolute Gasteiger partial charge is 0.316 e. The highest BCUT2D eigenvalue weighted by atomic mass is 32.2. The first kappa shape index (κ1) is 98.1. The summed E-state index contributed by atoms with van der Waals surface area (Å²) < 4.78 is 0. The van der Waals surface area contributed by atoms with E-state index in [-0.39, 0.29) is 0 Å². The molecule has 30 heteroatoms. The maximum Gasteiger partial charge on any atom is 0.316 e. The van der Waals surface area contributed by atoms with E-state index in [0.29, 0.717) is 19.3 Å².